The van der Waals surface area contributed by atoms with E-state index in [1.165, 1.54) is 23.4 Å². The molecule has 1 saturated carbocycles. The fourth-order valence-electron chi connectivity index (χ4n) is 2.79. The molecule has 1 aliphatic rings. The Bertz CT molecular complexity index is 699. The molecule has 116 valence electrons. The quantitative estimate of drug-likeness (QED) is 0.869. The van der Waals surface area contributed by atoms with Crippen molar-refractivity contribution in [3.05, 3.63) is 35.0 Å². The Balaban J connectivity index is 1.93. The molecule has 2 unspecified atom stereocenters. The van der Waals surface area contributed by atoms with Crippen molar-refractivity contribution in [2.75, 3.05) is 0 Å². The monoisotopic (exact) mass is 300 g/mol. The maximum atomic E-state index is 12.2. The molecule has 3 rings (SSSR count). The van der Waals surface area contributed by atoms with Crippen LogP contribution in [0.25, 0.3) is 11.4 Å². The molecule has 2 aromatic rings. The number of hydrogen-bond donors (Lipinski definition) is 0. The van der Waals surface area contributed by atoms with Crippen molar-refractivity contribution >= 4 is 0 Å². The Hall–Kier alpha value is -2.24. The van der Waals surface area contributed by atoms with Crippen LogP contribution in [0.3, 0.4) is 0 Å². The Morgan fingerprint density at radius 1 is 1.27 bits per heavy atom. The van der Waals surface area contributed by atoms with E-state index in [-0.39, 0.29) is 11.7 Å². The molecule has 0 aliphatic heterocycles. The molecule has 0 aromatic carbocycles. The molecule has 1 aliphatic carbocycles. The summed E-state index contributed by atoms with van der Waals surface area (Å²) in [6.07, 6.45) is 7.76. The fraction of sp³-hybridized carbons (Fsp3) is 0.500. The lowest BCUT2D eigenvalue weighted by Gasteiger charge is -2.29. The Morgan fingerprint density at radius 3 is 2.82 bits per heavy atom. The summed E-state index contributed by atoms with van der Waals surface area (Å²) >= 11 is 0. The number of hydrogen-bond acceptors (Lipinski definition) is 5. The number of nitrogens with zero attached hydrogens (tertiary/aromatic N) is 4. The summed E-state index contributed by atoms with van der Waals surface area (Å²) < 4.78 is 7.50. The van der Waals surface area contributed by atoms with Gasteiger partial charge in [-0.05, 0) is 31.2 Å². The summed E-state index contributed by atoms with van der Waals surface area (Å²) in [6.45, 7) is 2.19. The normalized spacial score (nSPS) is 21.5. The second kappa shape index (κ2) is 6.25. The van der Waals surface area contributed by atoms with Gasteiger partial charge in [0.05, 0.1) is 11.4 Å². The molecule has 6 heteroatoms. The van der Waals surface area contributed by atoms with Crippen LogP contribution in [0.2, 0.25) is 0 Å². The largest absolute Gasteiger partial charge is 0.461 e. The third-order valence-corrected chi connectivity index (χ3v) is 4.23. The van der Waals surface area contributed by atoms with Crippen LogP contribution in [0.15, 0.2) is 29.5 Å². The van der Waals surface area contributed by atoms with E-state index >= 15 is 0 Å². The van der Waals surface area contributed by atoms with Crippen LogP contribution in [0, 0.1) is 5.92 Å². The van der Waals surface area contributed by atoms with Gasteiger partial charge >= 0.3 is 0 Å². The van der Waals surface area contributed by atoms with Gasteiger partial charge in [0.2, 0.25) is 0 Å². The average molecular weight is 300 g/mol. The number of aromatic nitrogens is 4. The summed E-state index contributed by atoms with van der Waals surface area (Å²) in [4.78, 5) is 24.7. The molecule has 1 fully saturated rings. The van der Waals surface area contributed by atoms with E-state index in [4.69, 9.17) is 4.74 Å². The zero-order valence-corrected chi connectivity index (χ0v) is 12.9. The van der Waals surface area contributed by atoms with Gasteiger partial charge in [0.1, 0.15) is 12.4 Å². The minimum atomic E-state index is -0.151. The van der Waals surface area contributed by atoms with Crippen LogP contribution in [-0.2, 0) is 7.05 Å². The minimum absolute atomic E-state index is 0.118. The van der Waals surface area contributed by atoms with Crippen LogP contribution < -0.4 is 10.3 Å². The number of ether oxygens (including phenoxy) is 1. The van der Waals surface area contributed by atoms with Gasteiger partial charge in [0, 0.05) is 19.3 Å². The lowest BCUT2D eigenvalue weighted by atomic mass is 9.88. The lowest BCUT2D eigenvalue weighted by molar-refractivity contribution is 0.0874. The molecule has 0 saturated heterocycles. The van der Waals surface area contributed by atoms with Gasteiger partial charge in [0.15, 0.2) is 0 Å². The molecule has 0 amide bonds. The molecular formula is C16H20N4O2. The highest BCUT2D eigenvalue weighted by molar-refractivity contribution is 5.52. The molecule has 2 atom stereocenters. The maximum absolute atomic E-state index is 12.2. The first-order valence-electron chi connectivity index (χ1n) is 7.66. The Morgan fingerprint density at radius 2 is 2.09 bits per heavy atom. The summed E-state index contributed by atoms with van der Waals surface area (Å²) in [5.41, 5.74) is 0.986. The van der Waals surface area contributed by atoms with E-state index in [1.807, 2.05) is 0 Å². The fourth-order valence-corrected chi connectivity index (χ4v) is 2.79. The molecule has 22 heavy (non-hydrogen) atoms. The standard InChI is InChI=1S/C16H20N4O2/c1-11-5-3-4-6-14(11)22-16-19-13(9-15(21)20(16)2)12-7-8-17-10-18-12/h7-11,14H,3-6H2,1-2H3. The van der Waals surface area contributed by atoms with Crippen molar-refractivity contribution in [2.24, 2.45) is 13.0 Å². The number of rotatable bonds is 3. The van der Waals surface area contributed by atoms with E-state index in [0.717, 1.165) is 19.3 Å². The predicted octanol–water partition coefficient (Wildman–Crippen LogP) is 2.19. The van der Waals surface area contributed by atoms with Gasteiger partial charge in [-0.15, -0.1) is 0 Å². The van der Waals surface area contributed by atoms with Crippen molar-refractivity contribution in [3.63, 3.8) is 0 Å². The molecule has 2 heterocycles. The minimum Gasteiger partial charge on any atom is -0.461 e. The van der Waals surface area contributed by atoms with Crippen molar-refractivity contribution in [3.8, 4) is 17.4 Å². The van der Waals surface area contributed by atoms with E-state index in [2.05, 4.69) is 21.9 Å². The van der Waals surface area contributed by atoms with Gasteiger partial charge in [-0.25, -0.2) is 9.97 Å². The van der Waals surface area contributed by atoms with E-state index in [1.54, 1.807) is 19.3 Å². The third-order valence-electron chi connectivity index (χ3n) is 4.23. The smallest absolute Gasteiger partial charge is 0.299 e. The molecule has 6 nitrogen and oxygen atoms in total. The van der Waals surface area contributed by atoms with Crippen molar-refractivity contribution in [1.29, 1.82) is 0 Å². The third kappa shape index (κ3) is 3.00. The van der Waals surface area contributed by atoms with Gasteiger partial charge in [0.25, 0.3) is 11.6 Å². The molecular weight excluding hydrogens is 280 g/mol. The highest BCUT2D eigenvalue weighted by Gasteiger charge is 2.24. The van der Waals surface area contributed by atoms with Crippen LogP contribution in [0.4, 0.5) is 0 Å². The van der Waals surface area contributed by atoms with Gasteiger partial charge in [-0.3, -0.25) is 9.36 Å². The summed E-state index contributed by atoms with van der Waals surface area (Å²) in [7, 11) is 1.68. The SMILES string of the molecule is CC1CCCCC1Oc1nc(-c2ccncn2)cc(=O)n1C. The van der Waals surface area contributed by atoms with Crippen molar-refractivity contribution in [1.82, 2.24) is 19.5 Å². The molecule has 0 spiro atoms. The average Bonchev–Trinajstić information content (AvgIpc) is 2.54. The van der Waals surface area contributed by atoms with Gasteiger partial charge < -0.3 is 4.74 Å². The van der Waals surface area contributed by atoms with E-state index < -0.39 is 0 Å². The molecule has 0 bridgehead atoms. The van der Waals surface area contributed by atoms with Crippen LogP contribution in [-0.4, -0.2) is 25.6 Å². The first-order chi connectivity index (χ1) is 10.6. The van der Waals surface area contributed by atoms with Crippen LogP contribution in [0.5, 0.6) is 6.01 Å². The first kappa shape index (κ1) is 14.7. The van der Waals surface area contributed by atoms with Gasteiger partial charge in [-0.1, -0.05) is 13.3 Å². The second-order valence-corrected chi connectivity index (χ2v) is 5.83. The zero-order chi connectivity index (χ0) is 15.5. The Labute approximate surface area is 129 Å². The lowest BCUT2D eigenvalue weighted by Crippen LogP contribution is -2.31. The summed E-state index contributed by atoms with van der Waals surface area (Å²) in [5, 5.41) is 0. The first-order valence-corrected chi connectivity index (χ1v) is 7.66. The van der Waals surface area contributed by atoms with Crippen molar-refractivity contribution in [2.45, 2.75) is 38.7 Å². The molecule has 0 N–H and O–H groups in total. The summed E-state index contributed by atoms with van der Waals surface area (Å²) in [6, 6.07) is 3.56. The molecule has 0 radical (unpaired) electrons. The van der Waals surface area contributed by atoms with Gasteiger partial charge in [-0.2, -0.15) is 4.98 Å². The van der Waals surface area contributed by atoms with Crippen LogP contribution >= 0.6 is 0 Å². The zero-order valence-electron chi connectivity index (χ0n) is 12.9. The summed E-state index contributed by atoms with van der Waals surface area (Å²) in [5.74, 6) is 0.480. The highest BCUT2D eigenvalue weighted by Crippen LogP contribution is 2.27. The predicted molar refractivity (Wildman–Crippen MR) is 82.6 cm³/mol. The highest BCUT2D eigenvalue weighted by atomic mass is 16.5. The van der Waals surface area contributed by atoms with E-state index in [0.29, 0.717) is 23.3 Å². The Kier molecular flexibility index (Phi) is 4.18. The van der Waals surface area contributed by atoms with Crippen LogP contribution in [0.1, 0.15) is 32.6 Å². The van der Waals surface area contributed by atoms with Crippen molar-refractivity contribution < 1.29 is 4.74 Å². The molecule has 2 aromatic heterocycles. The topological polar surface area (TPSA) is 69.9 Å². The maximum Gasteiger partial charge on any atom is 0.299 e. The van der Waals surface area contributed by atoms with E-state index in [9.17, 15) is 4.79 Å². The second-order valence-electron chi connectivity index (χ2n) is 5.83.